The number of aromatic nitrogens is 2. The lowest BCUT2D eigenvalue weighted by molar-refractivity contribution is 0.196. The van der Waals surface area contributed by atoms with Gasteiger partial charge in [-0.1, -0.05) is 18.2 Å². The third-order valence-electron chi connectivity index (χ3n) is 3.11. The van der Waals surface area contributed by atoms with Gasteiger partial charge in [-0.2, -0.15) is 9.78 Å². The summed E-state index contributed by atoms with van der Waals surface area (Å²) >= 11 is 0. The van der Waals surface area contributed by atoms with Crippen LogP contribution in [0.15, 0.2) is 36.7 Å². The molecule has 0 aliphatic carbocycles. The fourth-order valence-corrected chi connectivity index (χ4v) is 2.02. The van der Waals surface area contributed by atoms with Gasteiger partial charge in [0.2, 0.25) is 0 Å². The van der Waals surface area contributed by atoms with E-state index in [1.165, 1.54) is 4.68 Å². The summed E-state index contributed by atoms with van der Waals surface area (Å²) in [5, 5.41) is 4.06. The molecule has 0 atom stereocenters. The van der Waals surface area contributed by atoms with E-state index in [9.17, 15) is 4.79 Å². The number of amides is 1. The number of ether oxygens (including phenoxy) is 1. The molecule has 0 N–H and O–H groups in total. The van der Waals surface area contributed by atoms with E-state index in [0.717, 1.165) is 16.9 Å². The summed E-state index contributed by atoms with van der Waals surface area (Å²) in [5.41, 5.74) is 1.95. The Morgan fingerprint density at radius 1 is 1.40 bits per heavy atom. The van der Waals surface area contributed by atoms with Gasteiger partial charge < -0.3 is 9.64 Å². The number of hydrogen-bond donors (Lipinski definition) is 0. The smallest absolute Gasteiger partial charge is 0.344 e. The molecule has 0 fully saturated rings. The minimum absolute atomic E-state index is 0.133. The number of aryl methyl sites for hydroxylation is 1. The van der Waals surface area contributed by atoms with Gasteiger partial charge in [-0.05, 0) is 25.5 Å². The van der Waals surface area contributed by atoms with E-state index < -0.39 is 0 Å². The van der Waals surface area contributed by atoms with Crippen molar-refractivity contribution in [3.05, 3.63) is 47.8 Å². The molecule has 0 saturated carbocycles. The van der Waals surface area contributed by atoms with Gasteiger partial charge in [-0.15, -0.1) is 0 Å². The van der Waals surface area contributed by atoms with Crippen molar-refractivity contribution >= 4 is 6.03 Å². The summed E-state index contributed by atoms with van der Waals surface area (Å²) < 4.78 is 6.69. The monoisotopic (exact) mass is 273 g/mol. The fourth-order valence-electron chi connectivity index (χ4n) is 2.02. The summed E-state index contributed by atoms with van der Waals surface area (Å²) in [6, 6.07) is 7.58. The van der Waals surface area contributed by atoms with E-state index in [0.29, 0.717) is 13.1 Å². The van der Waals surface area contributed by atoms with Gasteiger partial charge in [0.1, 0.15) is 5.75 Å². The van der Waals surface area contributed by atoms with Gasteiger partial charge in [-0.25, -0.2) is 4.79 Å². The van der Waals surface area contributed by atoms with Crippen LogP contribution in [0.4, 0.5) is 4.79 Å². The first-order chi connectivity index (χ1) is 9.65. The normalized spacial score (nSPS) is 10.3. The van der Waals surface area contributed by atoms with E-state index in [1.54, 1.807) is 24.4 Å². The minimum Gasteiger partial charge on any atom is -0.496 e. The molecule has 5 heteroatoms. The van der Waals surface area contributed by atoms with E-state index in [2.05, 4.69) is 5.10 Å². The quantitative estimate of drug-likeness (QED) is 0.860. The largest absolute Gasteiger partial charge is 0.496 e. The first kappa shape index (κ1) is 14.1. The van der Waals surface area contributed by atoms with Crippen LogP contribution in [0.3, 0.4) is 0 Å². The van der Waals surface area contributed by atoms with Crippen molar-refractivity contribution in [2.24, 2.45) is 0 Å². The number of nitrogens with zero attached hydrogens (tertiary/aromatic N) is 3. The van der Waals surface area contributed by atoms with Gasteiger partial charge in [-0.3, -0.25) is 0 Å². The Hall–Kier alpha value is -2.30. The van der Waals surface area contributed by atoms with Crippen molar-refractivity contribution in [2.45, 2.75) is 20.4 Å². The maximum absolute atomic E-state index is 12.4. The first-order valence-corrected chi connectivity index (χ1v) is 6.58. The number of carbonyl (C=O) groups is 1. The van der Waals surface area contributed by atoms with Crippen molar-refractivity contribution in [2.75, 3.05) is 13.7 Å². The molecule has 0 aliphatic heterocycles. The summed E-state index contributed by atoms with van der Waals surface area (Å²) in [6.07, 6.45) is 3.40. The molecule has 0 aliphatic rings. The number of rotatable bonds is 4. The Balaban J connectivity index is 2.18. The molecule has 2 aromatic rings. The summed E-state index contributed by atoms with van der Waals surface area (Å²) in [4.78, 5) is 14.1. The number of hydrogen-bond acceptors (Lipinski definition) is 3. The second kappa shape index (κ2) is 6.23. The molecular weight excluding hydrogens is 254 g/mol. The molecule has 1 aromatic carbocycles. The summed E-state index contributed by atoms with van der Waals surface area (Å²) in [7, 11) is 1.63. The third kappa shape index (κ3) is 2.99. The molecule has 1 heterocycles. The van der Waals surface area contributed by atoms with E-state index in [-0.39, 0.29) is 6.03 Å². The Labute approximate surface area is 118 Å². The molecular formula is C15H19N3O2. The number of methoxy groups -OCH3 is 1. The zero-order valence-corrected chi connectivity index (χ0v) is 12.0. The highest BCUT2D eigenvalue weighted by atomic mass is 16.5. The van der Waals surface area contributed by atoms with Crippen molar-refractivity contribution in [1.82, 2.24) is 14.7 Å². The average Bonchev–Trinajstić information content (AvgIpc) is 2.91. The van der Waals surface area contributed by atoms with Crippen LogP contribution in [0.25, 0.3) is 0 Å². The number of carbonyl (C=O) groups excluding carboxylic acids is 1. The molecule has 0 saturated heterocycles. The minimum atomic E-state index is -0.133. The molecule has 1 amide bonds. The van der Waals surface area contributed by atoms with Gasteiger partial charge in [0, 0.05) is 18.3 Å². The third-order valence-corrected chi connectivity index (χ3v) is 3.11. The predicted octanol–water partition coefficient (Wildman–Crippen LogP) is 2.69. The molecule has 106 valence electrons. The lowest BCUT2D eigenvalue weighted by atomic mass is 10.2. The van der Waals surface area contributed by atoms with Crippen LogP contribution in [0, 0.1) is 6.92 Å². The van der Waals surface area contributed by atoms with Crippen molar-refractivity contribution in [3.8, 4) is 5.75 Å². The molecule has 5 nitrogen and oxygen atoms in total. The SMILES string of the molecule is CCN(Cc1ccccc1OC)C(=O)n1cc(C)cn1. The molecule has 2 rings (SSSR count). The molecule has 0 unspecified atom stereocenters. The zero-order valence-electron chi connectivity index (χ0n) is 12.0. The number of benzene rings is 1. The molecule has 0 spiro atoms. The lowest BCUT2D eigenvalue weighted by Crippen LogP contribution is -2.34. The van der Waals surface area contributed by atoms with Crippen LogP contribution in [-0.4, -0.2) is 34.4 Å². The zero-order chi connectivity index (χ0) is 14.5. The Morgan fingerprint density at radius 3 is 2.75 bits per heavy atom. The average molecular weight is 273 g/mol. The van der Waals surface area contributed by atoms with E-state index >= 15 is 0 Å². The summed E-state index contributed by atoms with van der Waals surface area (Å²) in [6.45, 7) is 4.96. The fraction of sp³-hybridized carbons (Fsp3) is 0.333. The highest BCUT2D eigenvalue weighted by Gasteiger charge is 2.16. The highest BCUT2D eigenvalue weighted by Crippen LogP contribution is 2.19. The van der Waals surface area contributed by atoms with Crippen LogP contribution >= 0.6 is 0 Å². The van der Waals surface area contributed by atoms with Crippen LogP contribution in [0.1, 0.15) is 18.1 Å². The topological polar surface area (TPSA) is 47.4 Å². The van der Waals surface area contributed by atoms with Gasteiger partial charge in [0.25, 0.3) is 0 Å². The van der Waals surface area contributed by atoms with Crippen molar-refractivity contribution in [1.29, 1.82) is 0 Å². The maximum atomic E-state index is 12.4. The predicted molar refractivity (Wildman–Crippen MR) is 76.8 cm³/mol. The van der Waals surface area contributed by atoms with Crippen molar-refractivity contribution in [3.63, 3.8) is 0 Å². The van der Waals surface area contributed by atoms with Crippen LogP contribution in [-0.2, 0) is 6.54 Å². The molecule has 0 bridgehead atoms. The standard InChI is InChI=1S/C15H19N3O2/c1-4-17(15(19)18-10-12(2)9-16-18)11-13-7-5-6-8-14(13)20-3/h5-10H,4,11H2,1-3H3. The van der Waals surface area contributed by atoms with E-state index in [1.807, 2.05) is 38.1 Å². The Kier molecular flexibility index (Phi) is 4.40. The first-order valence-electron chi connectivity index (χ1n) is 6.58. The highest BCUT2D eigenvalue weighted by molar-refractivity contribution is 5.76. The molecule has 1 aromatic heterocycles. The summed E-state index contributed by atoms with van der Waals surface area (Å²) in [5.74, 6) is 0.787. The second-order valence-electron chi connectivity index (χ2n) is 4.57. The van der Waals surface area contributed by atoms with Crippen molar-refractivity contribution < 1.29 is 9.53 Å². The van der Waals surface area contributed by atoms with Crippen LogP contribution < -0.4 is 4.74 Å². The van der Waals surface area contributed by atoms with Gasteiger partial charge >= 0.3 is 6.03 Å². The Morgan fingerprint density at radius 2 is 2.15 bits per heavy atom. The van der Waals surface area contributed by atoms with Crippen LogP contribution in [0.5, 0.6) is 5.75 Å². The second-order valence-corrected chi connectivity index (χ2v) is 4.57. The molecule has 20 heavy (non-hydrogen) atoms. The maximum Gasteiger partial charge on any atom is 0.344 e. The van der Waals surface area contributed by atoms with E-state index in [4.69, 9.17) is 4.74 Å². The van der Waals surface area contributed by atoms with Crippen LogP contribution in [0.2, 0.25) is 0 Å². The Bertz CT molecular complexity index is 592. The van der Waals surface area contributed by atoms with Gasteiger partial charge in [0.05, 0.1) is 19.9 Å². The van der Waals surface area contributed by atoms with Gasteiger partial charge in [0.15, 0.2) is 0 Å². The molecule has 0 radical (unpaired) electrons. The lowest BCUT2D eigenvalue weighted by Gasteiger charge is -2.21. The number of para-hydroxylation sites is 1.